The van der Waals surface area contributed by atoms with Crippen LogP contribution in [0.5, 0.6) is 0 Å². The summed E-state index contributed by atoms with van der Waals surface area (Å²) in [7, 11) is 1.89. The molecule has 0 fully saturated rings. The molecule has 0 aliphatic carbocycles. The number of aryl methyl sites for hydroxylation is 1. The highest BCUT2D eigenvalue weighted by atomic mass is 79.9. The fourth-order valence-corrected chi connectivity index (χ4v) is 2.94. The van der Waals surface area contributed by atoms with Crippen molar-refractivity contribution in [3.05, 3.63) is 22.4 Å². The lowest BCUT2D eigenvalue weighted by molar-refractivity contribution is -0.113. The number of carbonyl (C=O) groups is 1. The first-order valence-electron chi connectivity index (χ1n) is 4.66. The van der Waals surface area contributed by atoms with Crippen molar-refractivity contribution in [2.75, 3.05) is 11.1 Å². The minimum Gasteiger partial charge on any atom is -0.329 e. The van der Waals surface area contributed by atoms with E-state index in [2.05, 4.69) is 31.2 Å². The maximum absolute atomic E-state index is 11.6. The van der Waals surface area contributed by atoms with E-state index in [0.29, 0.717) is 10.9 Å². The van der Waals surface area contributed by atoms with Crippen LogP contribution in [0.1, 0.15) is 0 Å². The van der Waals surface area contributed by atoms with Gasteiger partial charge in [-0.25, -0.2) is 9.97 Å². The van der Waals surface area contributed by atoms with Crippen molar-refractivity contribution in [2.24, 2.45) is 7.05 Å². The monoisotopic (exact) mass is 332 g/mol. The Balaban J connectivity index is 1.84. The molecule has 8 heteroatoms. The van der Waals surface area contributed by atoms with Crippen molar-refractivity contribution >= 4 is 50.1 Å². The number of aromatic nitrogens is 3. The van der Waals surface area contributed by atoms with Gasteiger partial charge in [0.15, 0.2) is 10.3 Å². The Morgan fingerprint density at radius 2 is 2.47 bits per heavy atom. The van der Waals surface area contributed by atoms with Crippen LogP contribution in [0, 0.1) is 0 Å². The first-order chi connectivity index (χ1) is 8.15. The highest BCUT2D eigenvalue weighted by Gasteiger charge is 2.08. The van der Waals surface area contributed by atoms with E-state index in [1.165, 1.54) is 23.1 Å². The third-order valence-corrected chi connectivity index (χ3v) is 4.28. The van der Waals surface area contributed by atoms with Gasteiger partial charge in [0.2, 0.25) is 5.91 Å². The van der Waals surface area contributed by atoms with Crippen LogP contribution in [0.15, 0.2) is 27.5 Å². The molecule has 2 aromatic rings. The van der Waals surface area contributed by atoms with Gasteiger partial charge in [-0.3, -0.25) is 4.79 Å². The highest BCUT2D eigenvalue weighted by molar-refractivity contribution is 9.11. The van der Waals surface area contributed by atoms with E-state index >= 15 is 0 Å². The van der Waals surface area contributed by atoms with Crippen LogP contribution in [0.3, 0.4) is 0 Å². The van der Waals surface area contributed by atoms with Gasteiger partial charge in [-0.15, -0.1) is 0 Å². The number of rotatable bonds is 4. The third kappa shape index (κ3) is 3.55. The van der Waals surface area contributed by atoms with Crippen LogP contribution >= 0.6 is 39.0 Å². The van der Waals surface area contributed by atoms with Gasteiger partial charge < -0.3 is 9.88 Å². The second kappa shape index (κ2) is 5.65. The molecule has 0 aromatic carbocycles. The van der Waals surface area contributed by atoms with Gasteiger partial charge in [0.25, 0.3) is 0 Å². The molecule has 2 heterocycles. The number of nitrogens with zero attached hydrogens (tertiary/aromatic N) is 3. The smallest absolute Gasteiger partial charge is 0.236 e. The standard InChI is InChI=1S/C9H9BrN4OS2/c1-14-3-2-11-9(14)16-5-7(15)13-8-12-4-6(10)17-8/h2-4H,5H2,1H3,(H,12,13,15). The summed E-state index contributed by atoms with van der Waals surface area (Å²) in [4.78, 5) is 19.8. The molecule has 2 aromatic heterocycles. The lowest BCUT2D eigenvalue weighted by atomic mass is 10.7. The Morgan fingerprint density at radius 3 is 3.06 bits per heavy atom. The SMILES string of the molecule is Cn1ccnc1SCC(=O)Nc1ncc(Br)s1. The molecule has 1 amide bonds. The minimum atomic E-state index is -0.0835. The number of nitrogens with one attached hydrogen (secondary N) is 1. The summed E-state index contributed by atoms with van der Waals surface area (Å²) in [5.41, 5.74) is 0. The molecule has 0 aliphatic heterocycles. The van der Waals surface area contributed by atoms with Gasteiger partial charge in [0.1, 0.15) is 0 Å². The Bertz CT molecular complexity index is 525. The van der Waals surface area contributed by atoms with Crippen LogP contribution in [0.25, 0.3) is 0 Å². The van der Waals surface area contributed by atoms with E-state index in [1.807, 2.05) is 17.8 Å². The molecule has 5 nitrogen and oxygen atoms in total. The Labute approximate surface area is 115 Å². The van der Waals surface area contributed by atoms with Crippen LogP contribution in [-0.2, 0) is 11.8 Å². The van der Waals surface area contributed by atoms with Gasteiger partial charge in [-0.1, -0.05) is 23.1 Å². The second-order valence-corrected chi connectivity index (χ2v) is 6.48. The molecule has 0 unspecified atom stereocenters. The van der Waals surface area contributed by atoms with Crippen molar-refractivity contribution in [2.45, 2.75) is 5.16 Å². The summed E-state index contributed by atoms with van der Waals surface area (Å²) < 4.78 is 2.77. The van der Waals surface area contributed by atoms with Gasteiger partial charge in [0.05, 0.1) is 15.7 Å². The predicted molar refractivity (Wildman–Crippen MR) is 72.4 cm³/mol. The summed E-state index contributed by atoms with van der Waals surface area (Å²) in [5.74, 6) is 0.238. The van der Waals surface area contributed by atoms with E-state index in [-0.39, 0.29) is 5.91 Å². The van der Waals surface area contributed by atoms with Crippen molar-refractivity contribution in [1.29, 1.82) is 0 Å². The zero-order valence-corrected chi connectivity index (χ0v) is 12.1. The van der Waals surface area contributed by atoms with E-state index in [4.69, 9.17) is 0 Å². The van der Waals surface area contributed by atoms with Crippen LogP contribution in [-0.4, -0.2) is 26.2 Å². The Hall–Kier alpha value is -0.860. The largest absolute Gasteiger partial charge is 0.329 e. The fraction of sp³-hybridized carbons (Fsp3) is 0.222. The van der Waals surface area contributed by atoms with Gasteiger partial charge >= 0.3 is 0 Å². The average Bonchev–Trinajstić information content (AvgIpc) is 2.85. The maximum Gasteiger partial charge on any atom is 0.236 e. The topological polar surface area (TPSA) is 59.8 Å². The zero-order valence-electron chi connectivity index (χ0n) is 8.88. The quantitative estimate of drug-likeness (QED) is 0.873. The summed E-state index contributed by atoms with van der Waals surface area (Å²) in [6, 6.07) is 0. The summed E-state index contributed by atoms with van der Waals surface area (Å²) >= 11 is 6.07. The van der Waals surface area contributed by atoms with E-state index in [9.17, 15) is 4.79 Å². The van der Waals surface area contributed by atoms with Crippen LogP contribution in [0.4, 0.5) is 5.13 Å². The third-order valence-electron chi connectivity index (χ3n) is 1.83. The van der Waals surface area contributed by atoms with Crippen molar-refractivity contribution in [3.8, 4) is 0 Å². The maximum atomic E-state index is 11.6. The first kappa shape index (κ1) is 12.6. The van der Waals surface area contributed by atoms with Crippen LogP contribution < -0.4 is 5.32 Å². The Kier molecular flexibility index (Phi) is 4.19. The molecule has 90 valence electrons. The number of carbonyl (C=O) groups excluding carboxylic acids is 1. The molecule has 0 saturated carbocycles. The molecule has 17 heavy (non-hydrogen) atoms. The van der Waals surface area contributed by atoms with Crippen molar-refractivity contribution in [3.63, 3.8) is 0 Å². The van der Waals surface area contributed by atoms with E-state index < -0.39 is 0 Å². The molecule has 2 rings (SSSR count). The molecule has 0 radical (unpaired) electrons. The van der Waals surface area contributed by atoms with Crippen molar-refractivity contribution < 1.29 is 4.79 Å². The van der Waals surface area contributed by atoms with Crippen LogP contribution in [0.2, 0.25) is 0 Å². The number of halogens is 1. The van der Waals surface area contributed by atoms with Gasteiger partial charge in [0, 0.05) is 19.4 Å². The highest BCUT2D eigenvalue weighted by Crippen LogP contribution is 2.23. The van der Waals surface area contributed by atoms with Gasteiger partial charge in [-0.05, 0) is 15.9 Å². The summed E-state index contributed by atoms with van der Waals surface area (Å²) in [6.45, 7) is 0. The Morgan fingerprint density at radius 1 is 1.65 bits per heavy atom. The molecule has 1 N–H and O–H groups in total. The van der Waals surface area contributed by atoms with E-state index in [1.54, 1.807) is 12.4 Å². The number of hydrogen-bond acceptors (Lipinski definition) is 5. The molecular formula is C9H9BrN4OS2. The minimum absolute atomic E-state index is 0.0835. The number of imidazole rings is 1. The molecule has 0 bridgehead atoms. The number of thioether (sulfide) groups is 1. The van der Waals surface area contributed by atoms with E-state index in [0.717, 1.165) is 8.94 Å². The second-order valence-electron chi connectivity index (χ2n) is 3.13. The molecule has 0 saturated heterocycles. The summed E-state index contributed by atoms with van der Waals surface area (Å²) in [5, 5.41) is 4.14. The lowest BCUT2D eigenvalue weighted by Gasteiger charge is -2.01. The molecule has 0 aliphatic rings. The molecule has 0 atom stereocenters. The average molecular weight is 333 g/mol. The number of anilines is 1. The zero-order chi connectivity index (χ0) is 12.3. The van der Waals surface area contributed by atoms with Gasteiger partial charge in [-0.2, -0.15) is 0 Å². The fourth-order valence-electron chi connectivity index (χ4n) is 1.09. The van der Waals surface area contributed by atoms with Crippen molar-refractivity contribution in [1.82, 2.24) is 14.5 Å². The number of thiazole rings is 1. The molecule has 0 spiro atoms. The predicted octanol–water partition coefficient (Wildman–Crippen LogP) is 2.37. The summed E-state index contributed by atoms with van der Waals surface area (Å²) in [6.07, 6.45) is 5.21. The lowest BCUT2D eigenvalue weighted by Crippen LogP contribution is -2.14. The molecular weight excluding hydrogens is 324 g/mol. The number of hydrogen-bond donors (Lipinski definition) is 1. The number of amides is 1. The first-order valence-corrected chi connectivity index (χ1v) is 7.26. The normalized spacial score (nSPS) is 10.5.